The van der Waals surface area contributed by atoms with Crippen molar-refractivity contribution in [1.29, 1.82) is 0 Å². The molecule has 32 heavy (non-hydrogen) atoms. The third-order valence-electron chi connectivity index (χ3n) is 5.12. The van der Waals surface area contributed by atoms with E-state index in [0.717, 1.165) is 5.56 Å². The highest BCUT2D eigenvalue weighted by molar-refractivity contribution is 7.15. The molecule has 5 rings (SSSR count). The summed E-state index contributed by atoms with van der Waals surface area (Å²) in [6.45, 7) is 5.70. The Balaban J connectivity index is 1.73. The van der Waals surface area contributed by atoms with Crippen LogP contribution in [0.15, 0.2) is 51.7 Å². The number of anilines is 1. The molecule has 0 fully saturated rings. The van der Waals surface area contributed by atoms with E-state index >= 15 is 0 Å². The molecule has 7 nitrogen and oxygen atoms in total. The fourth-order valence-electron chi connectivity index (χ4n) is 3.84. The fraction of sp³-hybridized carbons (Fsp3) is 0.217. The number of rotatable bonds is 4. The van der Waals surface area contributed by atoms with Gasteiger partial charge in [-0.2, -0.15) is 0 Å². The van der Waals surface area contributed by atoms with Gasteiger partial charge in [0.15, 0.2) is 5.43 Å². The second-order valence-electron chi connectivity index (χ2n) is 7.73. The zero-order chi connectivity index (χ0) is 22.6. The van der Waals surface area contributed by atoms with E-state index in [1.807, 2.05) is 45.0 Å². The fourth-order valence-corrected chi connectivity index (χ4v) is 4.73. The monoisotopic (exact) mass is 467 g/mol. The van der Waals surface area contributed by atoms with Crippen LogP contribution in [0.2, 0.25) is 5.02 Å². The van der Waals surface area contributed by atoms with Crippen molar-refractivity contribution in [3.8, 4) is 5.75 Å². The lowest BCUT2D eigenvalue weighted by Gasteiger charge is -2.22. The maximum Gasteiger partial charge on any atom is 0.297 e. The van der Waals surface area contributed by atoms with Crippen LogP contribution in [-0.2, 0) is 0 Å². The quantitative estimate of drug-likeness (QED) is 0.413. The van der Waals surface area contributed by atoms with E-state index in [1.165, 1.54) is 16.2 Å². The van der Waals surface area contributed by atoms with Gasteiger partial charge in [-0.05, 0) is 56.7 Å². The van der Waals surface area contributed by atoms with Crippen LogP contribution in [-0.4, -0.2) is 22.2 Å². The standard InChI is InChI=1S/C23H18ClN3O4S/c1-11(2)30-15-7-4-13(5-8-15)19-18-20(28)16-10-14(24)6-9-17(16)31-21(18)22(29)27(19)23-26-25-12(3)32-23/h4-11,19H,1-3H3/t19-/m0/s1. The Kier molecular flexibility index (Phi) is 4.98. The molecule has 162 valence electrons. The molecule has 0 spiro atoms. The first-order valence-corrected chi connectivity index (χ1v) is 11.2. The first-order valence-electron chi connectivity index (χ1n) is 10.00. The van der Waals surface area contributed by atoms with E-state index in [1.54, 1.807) is 18.2 Å². The number of aryl methyl sites for hydroxylation is 1. The molecule has 1 aliphatic rings. The molecule has 0 aliphatic carbocycles. The third kappa shape index (κ3) is 3.36. The van der Waals surface area contributed by atoms with Crippen LogP contribution < -0.4 is 15.1 Å². The maximum absolute atomic E-state index is 13.5. The van der Waals surface area contributed by atoms with Crippen molar-refractivity contribution in [1.82, 2.24) is 10.2 Å². The number of carbonyl (C=O) groups is 1. The summed E-state index contributed by atoms with van der Waals surface area (Å²) in [5.41, 5.74) is 0.999. The first kappa shape index (κ1) is 20.7. The van der Waals surface area contributed by atoms with E-state index in [0.29, 0.717) is 31.9 Å². The molecule has 2 aromatic carbocycles. The highest BCUT2D eigenvalue weighted by Crippen LogP contribution is 2.42. The summed E-state index contributed by atoms with van der Waals surface area (Å²) in [5.74, 6) is 0.270. The summed E-state index contributed by atoms with van der Waals surface area (Å²) < 4.78 is 11.7. The SMILES string of the molecule is Cc1nnc(N2C(=O)c3oc4ccc(Cl)cc4c(=O)c3[C@@H]2c2ccc(OC(C)C)cc2)s1. The van der Waals surface area contributed by atoms with E-state index in [9.17, 15) is 9.59 Å². The van der Waals surface area contributed by atoms with E-state index in [2.05, 4.69) is 10.2 Å². The molecule has 0 N–H and O–H groups in total. The Bertz CT molecular complexity index is 1410. The number of carbonyl (C=O) groups excluding carboxylic acids is 1. The summed E-state index contributed by atoms with van der Waals surface area (Å²) in [6, 6.07) is 11.4. The van der Waals surface area contributed by atoms with Gasteiger partial charge in [0, 0.05) is 5.02 Å². The normalized spacial score (nSPS) is 15.6. The average Bonchev–Trinajstić information content (AvgIpc) is 3.30. The average molecular weight is 468 g/mol. The van der Waals surface area contributed by atoms with E-state index in [-0.39, 0.29) is 22.9 Å². The number of ether oxygens (including phenoxy) is 1. The predicted octanol–water partition coefficient (Wildman–Crippen LogP) is 5.14. The molecule has 1 aliphatic heterocycles. The summed E-state index contributed by atoms with van der Waals surface area (Å²) in [4.78, 5) is 28.5. The molecule has 0 saturated carbocycles. The van der Waals surface area contributed by atoms with Gasteiger partial charge in [-0.1, -0.05) is 35.1 Å². The van der Waals surface area contributed by atoms with Crippen LogP contribution in [0.3, 0.4) is 0 Å². The van der Waals surface area contributed by atoms with Gasteiger partial charge in [-0.25, -0.2) is 0 Å². The molecule has 0 unspecified atom stereocenters. The van der Waals surface area contributed by atoms with Gasteiger partial charge >= 0.3 is 0 Å². The molecular formula is C23H18ClN3O4S. The van der Waals surface area contributed by atoms with Crippen molar-refractivity contribution in [2.24, 2.45) is 0 Å². The van der Waals surface area contributed by atoms with Crippen molar-refractivity contribution >= 4 is 44.9 Å². The number of benzene rings is 2. The number of halogens is 1. The second kappa shape index (κ2) is 7.72. The Hall–Kier alpha value is -3.23. The Morgan fingerprint density at radius 3 is 2.53 bits per heavy atom. The summed E-state index contributed by atoms with van der Waals surface area (Å²) in [6.07, 6.45) is 0.0265. The lowest BCUT2D eigenvalue weighted by atomic mass is 9.98. The largest absolute Gasteiger partial charge is 0.491 e. The maximum atomic E-state index is 13.5. The number of aromatic nitrogens is 2. The number of hydrogen-bond donors (Lipinski definition) is 0. The predicted molar refractivity (Wildman–Crippen MR) is 123 cm³/mol. The van der Waals surface area contributed by atoms with Crippen LogP contribution in [0.5, 0.6) is 5.75 Å². The molecule has 3 heterocycles. The number of nitrogens with zero attached hydrogens (tertiary/aromatic N) is 3. The van der Waals surface area contributed by atoms with Gasteiger partial charge in [-0.15, -0.1) is 10.2 Å². The van der Waals surface area contributed by atoms with Gasteiger partial charge < -0.3 is 9.15 Å². The second-order valence-corrected chi connectivity index (χ2v) is 9.33. The van der Waals surface area contributed by atoms with Crippen LogP contribution in [0.4, 0.5) is 5.13 Å². The van der Waals surface area contributed by atoms with Gasteiger partial charge in [0.05, 0.1) is 23.1 Å². The number of amides is 1. The summed E-state index contributed by atoms with van der Waals surface area (Å²) in [5, 5.41) is 10.1. The van der Waals surface area contributed by atoms with Crippen molar-refractivity contribution in [3.05, 3.63) is 79.6 Å². The van der Waals surface area contributed by atoms with Crippen LogP contribution >= 0.6 is 22.9 Å². The van der Waals surface area contributed by atoms with E-state index < -0.39 is 11.9 Å². The minimum Gasteiger partial charge on any atom is -0.491 e. The smallest absolute Gasteiger partial charge is 0.297 e. The van der Waals surface area contributed by atoms with Crippen molar-refractivity contribution in [2.75, 3.05) is 4.90 Å². The topological polar surface area (TPSA) is 85.5 Å². The summed E-state index contributed by atoms with van der Waals surface area (Å²) in [7, 11) is 0. The molecular weight excluding hydrogens is 450 g/mol. The molecule has 2 aromatic heterocycles. The molecule has 1 amide bonds. The van der Waals surface area contributed by atoms with Gasteiger partial charge in [0.2, 0.25) is 10.9 Å². The lowest BCUT2D eigenvalue weighted by Crippen LogP contribution is -2.29. The Morgan fingerprint density at radius 2 is 1.88 bits per heavy atom. The molecule has 9 heteroatoms. The van der Waals surface area contributed by atoms with Gasteiger partial charge in [0.1, 0.15) is 16.3 Å². The Morgan fingerprint density at radius 1 is 1.12 bits per heavy atom. The van der Waals surface area contributed by atoms with Crippen molar-refractivity contribution in [2.45, 2.75) is 32.9 Å². The highest BCUT2D eigenvalue weighted by atomic mass is 35.5. The lowest BCUT2D eigenvalue weighted by molar-refractivity contribution is 0.0970. The molecule has 1 atom stereocenters. The molecule has 0 bridgehead atoms. The summed E-state index contributed by atoms with van der Waals surface area (Å²) >= 11 is 7.40. The van der Waals surface area contributed by atoms with Crippen molar-refractivity contribution in [3.63, 3.8) is 0 Å². The van der Waals surface area contributed by atoms with Gasteiger partial charge in [-0.3, -0.25) is 14.5 Å². The first-order chi connectivity index (χ1) is 15.3. The van der Waals surface area contributed by atoms with Gasteiger partial charge in [0.25, 0.3) is 5.91 Å². The van der Waals surface area contributed by atoms with Crippen LogP contribution in [0.25, 0.3) is 11.0 Å². The van der Waals surface area contributed by atoms with Crippen LogP contribution in [0, 0.1) is 6.92 Å². The van der Waals surface area contributed by atoms with Crippen LogP contribution in [0.1, 0.15) is 46.6 Å². The number of hydrogen-bond acceptors (Lipinski definition) is 7. The number of fused-ring (bicyclic) bond motifs is 2. The minimum atomic E-state index is -0.711. The van der Waals surface area contributed by atoms with Crippen molar-refractivity contribution < 1.29 is 13.9 Å². The highest BCUT2D eigenvalue weighted by Gasteiger charge is 2.45. The molecule has 0 radical (unpaired) electrons. The minimum absolute atomic E-state index is 0.00480. The zero-order valence-electron chi connectivity index (χ0n) is 17.5. The zero-order valence-corrected chi connectivity index (χ0v) is 19.0. The van der Waals surface area contributed by atoms with E-state index in [4.69, 9.17) is 20.8 Å². The molecule has 4 aromatic rings. The molecule has 0 saturated heterocycles. The Labute approximate surface area is 192 Å². The third-order valence-corrected chi connectivity index (χ3v) is 6.19.